The van der Waals surface area contributed by atoms with E-state index < -0.39 is 0 Å². The van der Waals surface area contributed by atoms with E-state index >= 15 is 0 Å². The molecule has 1 atom stereocenters. The van der Waals surface area contributed by atoms with Crippen molar-refractivity contribution in [3.8, 4) is 0 Å². The summed E-state index contributed by atoms with van der Waals surface area (Å²) in [5.74, 6) is 1.92. The Kier molecular flexibility index (Phi) is 3.53. The molecule has 0 saturated carbocycles. The number of nitrogens with one attached hydrogen (secondary N) is 1. The van der Waals surface area contributed by atoms with Gasteiger partial charge in [-0.1, -0.05) is 6.07 Å². The molecule has 1 aromatic heterocycles. The summed E-state index contributed by atoms with van der Waals surface area (Å²) < 4.78 is 6.81. The fourth-order valence-electron chi connectivity index (χ4n) is 1.59. The highest BCUT2D eigenvalue weighted by Crippen LogP contribution is 2.21. The van der Waals surface area contributed by atoms with Crippen molar-refractivity contribution in [3.05, 3.63) is 51.5 Å². The van der Waals surface area contributed by atoms with E-state index in [1.165, 1.54) is 3.57 Å². The van der Waals surface area contributed by atoms with Crippen LogP contribution in [0.2, 0.25) is 0 Å². The predicted molar refractivity (Wildman–Crippen MR) is 74.6 cm³/mol. The first kappa shape index (κ1) is 11.5. The lowest BCUT2D eigenvalue weighted by molar-refractivity contribution is 0.467. The second-order valence-corrected chi connectivity index (χ2v) is 5.07. The fraction of sp³-hybridized carbons (Fsp3) is 0.231. The molecule has 2 nitrogen and oxygen atoms in total. The number of hydrogen-bond acceptors (Lipinski definition) is 2. The number of hydrogen-bond donors (Lipinski definition) is 1. The van der Waals surface area contributed by atoms with E-state index in [-0.39, 0.29) is 6.04 Å². The van der Waals surface area contributed by atoms with Crippen molar-refractivity contribution >= 4 is 28.3 Å². The average Bonchev–Trinajstić information content (AvgIpc) is 2.65. The van der Waals surface area contributed by atoms with Crippen molar-refractivity contribution in [1.29, 1.82) is 0 Å². The average molecular weight is 327 g/mol. The molecule has 1 unspecified atom stereocenters. The summed E-state index contributed by atoms with van der Waals surface area (Å²) in [6.45, 7) is 4.06. The first-order chi connectivity index (χ1) is 7.65. The minimum Gasteiger partial charge on any atom is -0.464 e. The molecule has 0 radical (unpaired) electrons. The van der Waals surface area contributed by atoms with Crippen molar-refractivity contribution in [2.24, 2.45) is 0 Å². The highest BCUT2D eigenvalue weighted by atomic mass is 127. The predicted octanol–water partition coefficient (Wildman–Crippen LogP) is 4.37. The first-order valence-electron chi connectivity index (χ1n) is 5.23. The minimum atomic E-state index is 0.187. The van der Waals surface area contributed by atoms with Gasteiger partial charge in [-0.15, -0.1) is 0 Å². The van der Waals surface area contributed by atoms with Crippen molar-refractivity contribution in [2.45, 2.75) is 19.9 Å². The van der Waals surface area contributed by atoms with E-state index in [4.69, 9.17) is 4.42 Å². The quantitative estimate of drug-likeness (QED) is 0.847. The van der Waals surface area contributed by atoms with Crippen LogP contribution in [-0.2, 0) is 0 Å². The second-order valence-electron chi connectivity index (χ2n) is 3.82. The zero-order chi connectivity index (χ0) is 11.5. The van der Waals surface area contributed by atoms with Crippen LogP contribution in [0.4, 0.5) is 5.69 Å². The van der Waals surface area contributed by atoms with Crippen LogP contribution in [0.25, 0.3) is 0 Å². The van der Waals surface area contributed by atoms with Gasteiger partial charge in [-0.05, 0) is 66.8 Å². The summed E-state index contributed by atoms with van der Waals surface area (Å²) >= 11 is 2.31. The SMILES string of the molecule is Cc1ccc(C(C)Nc2cccc(I)c2)o1. The van der Waals surface area contributed by atoms with E-state index in [0.717, 1.165) is 17.2 Å². The van der Waals surface area contributed by atoms with Crippen LogP contribution in [-0.4, -0.2) is 0 Å². The molecule has 3 heteroatoms. The molecule has 0 bridgehead atoms. The fourth-order valence-corrected chi connectivity index (χ4v) is 2.13. The van der Waals surface area contributed by atoms with Gasteiger partial charge in [0, 0.05) is 9.26 Å². The number of halogens is 1. The van der Waals surface area contributed by atoms with Gasteiger partial charge in [-0.25, -0.2) is 0 Å². The number of rotatable bonds is 3. The van der Waals surface area contributed by atoms with Crippen molar-refractivity contribution < 1.29 is 4.42 Å². The molecule has 0 amide bonds. The van der Waals surface area contributed by atoms with Gasteiger partial charge in [0.15, 0.2) is 0 Å². The van der Waals surface area contributed by atoms with Crippen molar-refractivity contribution in [2.75, 3.05) is 5.32 Å². The molecule has 0 fully saturated rings. The lowest BCUT2D eigenvalue weighted by atomic mass is 10.2. The molecule has 0 saturated heterocycles. The van der Waals surface area contributed by atoms with Crippen LogP contribution in [0.15, 0.2) is 40.8 Å². The summed E-state index contributed by atoms with van der Waals surface area (Å²) in [4.78, 5) is 0. The largest absolute Gasteiger partial charge is 0.464 e. The van der Waals surface area contributed by atoms with E-state index in [1.54, 1.807) is 0 Å². The molecule has 0 aliphatic heterocycles. The van der Waals surface area contributed by atoms with Gasteiger partial charge >= 0.3 is 0 Å². The van der Waals surface area contributed by atoms with Crippen molar-refractivity contribution in [1.82, 2.24) is 0 Å². The molecule has 0 aliphatic carbocycles. The number of furan rings is 1. The maximum Gasteiger partial charge on any atom is 0.126 e. The second kappa shape index (κ2) is 4.91. The van der Waals surface area contributed by atoms with E-state index in [9.17, 15) is 0 Å². The Hall–Kier alpha value is -0.970. The minimum absolute atomic E-state index is 0.187. The molecule has 2 rings (SSSR count). The monoisotopic (exact) mass is 327 g/mol. The van der Waals surface area contributed by atoms with Crippen molar-refractivity contribution in [3.63, 3.8) is 0 Å². The van der Waals surface area contributed by atoms with Crippen LogP contribution < -0.4 is 5.32 Å². The van der Waals surface area contributed by atoms with Crippen LogP contribution in [0, 0.1) is 10.5 Å². The molecular formula is C13H14INO. The Morgan fingerprint density at radius 1 is 1.25 bits per heavy atom. The van der Waals surface area contributed by atoms with Gasteiger partial charge in [-0.3, -0.25) is 0 Å². The Bertz CT molecular complexity index is 478. The molecule has 0 spiro atoms. The molecule has 16 heavy (non-hydrogen) atoms. The summed E-state index contributed by atoms with van der Waals surface area (Å²) in [7, 11) is 0. The maximum absolute atomic E-state index is 5.58. The lowest BCUT2D eigenvalue weighted by Crippen LogP contribution is -2.05. The zero-order valence-electron chi connectivity index (χ0n) is 9.33. The third-order valence-electron chi connectivity index (χ3n) is 2.40. The van der Waals surface area contributed by atoms with Crippen LogP contribution in [0.3, 0.4) is 0 Å². The summed E-state index contributed by atoms with van der Waals surface area (Å²) in [5, 5.41) is 3.41. The molecule has 1 heterocycles. The molecule has 1 N–H and O–H groups in total. The Balaban J connectivity index is 2.10. The highest BCUT2D eigenvalue weighted by molar-refractivity contribution is 14.1. The normalized spacial score (nSPS) is 12.4. The first-order valence-corrected chi connectivity index (χ1v) is 6.31. The Morgan fingerprint density at radius 2 is 2.06 bits per heavy atom. The Morgan fingerprint density at radius 3 is 2.69 bits per heavy atom. The van der Waals surface area contributed by atoms with Gasteiger partial charge in [0.05, 0.1) is 6.04 Å². The van der Waals surface area contributed by atoms with Crippen LogP contribution in [0.1, 0.15) is 24.5 Å². The summed E-state index contributed by atoms with van der Waals surface area (Å²) in [6.07, 6.45) is 0. The van der Waals surface area contributed by atoms with Crippen LogP contribution in [0.5, 0.6) is 0 Å². The number of aryl methyl sites for hydroxylation is 1. The number of anilines is 1. The number of benzene rings is 1. The van der Waals surface area contributed by atoms with Gasteiger partial charge in [0.25, 0.3) is 0 Å². The van der Waals surface area contributed by atoms with E-state index in [1.807, 2.05) is 25.1 Å². The van der Waals surface area contributed by atoms with Gasteiger partial charge in [0.2, 0.25) is 0 Å². The Labute approximate surface area is 109 Å². The molecule has 2 aromatic rings. The van der Waals surface area contributed by atoms with Gasteiger partial charge in [-0.2, -0.15) is 0 Å². The van der Waals surface area contributed by atoms with E-state index in [2.05, 4.69) is 53.0 Å². The van der Waals surface area contributed by atoms with Crippen LogP contribution >= 0.6 is 22.6 Å². The van der Waals surface area contributed by atoms with Gasteiger partial charge < -0.3 is 9.73 Å². The molecule has 1 aromatic carbocycles. The van der Waals surface area contributed by atoms with Gasteiger partial charge in [0.1, 0.15) is 11.5 Å². The highest BCUT2D eigenvalue weighted by Gasteiger charge is 2.08. The smallest absolute Gasteiger partial charge is 0.126 e. The maximum atomic E-state index is 5.58. The summed E-state index contributed by atoms with van der Waals surface area (Å²) in [6, 6.07) is 12.5. The lowest BCUT2D eigenvalue weighted by Gasteiger charge is -2.13. The third-order valence-corrected chi connectivity index (χ3v) is 3.07. The standard InChI is InChI=1S/C13H14INO/c1-9-6-7-13(16-9)10(2)15-12-5-3-4-11(14)8-12/h3-8,10,15H,1-2H3. The molecule has 84 valence electrons. The third kappa shape index (κ3) is 2.78. The van der Waals surface area contributed by atoms with E-state index in [0.29, 0.717) is 0 Å². The molecular weight excluding hydrogens is 313 g/mol. The summed E-state index contributed by atoms with van der Waals surface area (Å²) in [5.41, 5.74) is 1.12. The zero-order valence-corrected chi connectivity index (χ0v) is 11.5. The topological polar surface area (TPSA) is 25.2 Å². The molecule has 0 aliphatic rings.